The van der Waals surface area contributed by atoms with E-state index in [4.69, 9.17) is 9.97 Å². The largest absolute Gasteiger partial charge is 0.301 e. The maximum absolute atomic E-state index is 5.26. The van der Waals surface area contributed by atoms with Crippen LogP contribution in [-0.2, 0) is 12.8 Å². The summed E-state index contributed by atoms with van der Waals surface area (Å²) in [6.07, 6.45) is 7.19. The second-order valence-electron chi connectivity index (χ2n) is 10.9. The van der Waals surface area contributed by atoms with Crippen molar-refractivity contribution < 1.29 is 0 Å². The maximum Gasteiger partial charge on any atom is 0.0613 e. The summed E-state index contributed by atoms with van der Waals surface area (Å²) in [7, 11) is 8.83. The number of rotatable bonds is 6. The molecule has 4 nitrogen and oxygen atoms in total. The summed E-state index contributed by atoms with van der Waals surface area (Å²) in [5.74, 6) is 1.52. The van der Waals surface area contributed by atoms with Gasteiger partial charge in [-0.3, -0.25) is 9.97 Å². The average molecular weight is 435 g/mol. The van der Waals surface area contributed by atoms with Gasteiger partial charge in [-0.1, -0.05) is 32.9 Å². The molecule has 0 aromatic carbocycles. The Labute approximate surface area is 195 Å². The minimum Gasteiger partial charge on any atom is -0.301 e. The van der Waals surface area contributed by atoms with Gasteiger partial charge >= 0.3 is 0 Å². The molecule has 0 radical (unpaired) electrons. The number of hydrogen-bond acceptors (Lipinski definition) is 4. The Bertz CT molecular complexity index is 933. The lowest BCUT2D eigenvalue weighted by molar-refractivity contribution is 0.169. The van der Waals surface area contributed by atoms with Crippen molar-refractivity contribution in [3.8, 4) is 0 Å². The van der Waals surface area contributed by atoms with E-state index < -0.39 is 0 Å². The predicted molar refractivity (Wildman–Crippen MR) is 133 cm³/mol. The molecule has 0 saturated heterocycles. The van der Waals surface area contributed by atoms with Crippen LogP contribution in [-0.4, -0.2) is 48.0 Å². The molecule has 0 spiro atoms. The Morgan fingerprint density at radius 2 is 1.47 bits per heavy atom. The molecule has 2 aliphatic carbocycles. The maximum atomic E-state index is 5.26. The lowest BCUT2D eigenvalue weighted by atomic mass is 9.76. The minimum absolute atomic E-state index is 0.382. The van der Waals surface area contributed by atoms with Crippen molar-refractivity contribution in [1.82, 2.24) is 19.8 Å². The number of aromatic nitrogens is 2. The Morgan fingerprint density at radius 1 is 0.812 bits per heavy atom. The van der Waals surface area contributed by atoms with Crippen LogP contribution in [0.5, 0.6) is 0 Å². The highest BCUT2D eigenvalue weighted by Gasteiger charge is 2.34. The van der Waals surface area contributed by atoms with Crippen LogP contribution >= 0.6 is 0 Å². The SMILES string of the molecule is CC(C)c1ccc2c(n1)C(N(C)C)C(CC(C)c1ccc3c(n1)[C@H](N(C)C)CCC3)CC2. The van der Waals surface area contributed by atoms with Crippen LogP contribution in [0, 0.1) is 5.92 Å². The smallest absolute Gasteiger partial charge is 0.0613 e. The van der Waals surface area contributed by atoms with E-state index in [0.717, 1.165) is 12.8 Å². The van der Waals surface area contributed by atoms with Crippen LogP contribution < -0.4 is 0 Å². The molecule has 0 saturated carbocycles. The second kappa shape index (κ2) is 9.61. The van der Waals surface area contributed by atoms with E-state index >= 15 is 0 Å². The molecule has 0 bridgehead atoms. The molecule has 2 aliphatic rings. The van der Waals surface area contributed by atoms with Crippen LogP contribution in [0.25, 0.3) is 0 Å². The van der Waals surface area contributed by atoms with E-state index in [9.17, 15) is 0 Å². The molecule has 0 aliphatic heterocycles. The number of fused-ring (bicyclic) bond motifs is 2. The van der Waals surface area contributed by atoms with Gasteiger partial charge in [0.2, 0.25) is 0 Å². The molecule has 4 atom stereocenters. The number of nitrogens with zero attached hydrogens (tertiary/aromatic N) is 4. The first-order valence-electron chi connectivity index (χ1n) is 12.6. The van der Waals surface area contributed by atoms with Gasteiger partial charge < -0.3 is 9.80 Å². The fourth-order valence-corrected chi connectivity index (χ4v) is 5.94. The standard InChI is InChI=1S/C28H42N4/c1-18(2)23-15-13-21-11-12-22(28(32(6)7)27(21)29-23)17-19(3)24-16-14-20-9-8-10-25(31(4)5)26(20)30-24/h13-16,18-19,22,25,28H,8-12,17H2,1-7H3/t19?,22?,25-,28?/m1/s1. The van der Waals surface area contributed by atoms with Gasteiger partial charge in [0, 0.05) is 11.4 Å². The van der Waals surface area contributed by atoms with Gasteiger partial charge in [-0.05, 0) is 108 Å². The first-order valence-corrected chi connectivity index (χ1v) is 12.6. The number of aryl methyl sites for hydroxylation is 2. The number of hydrogen-bond donors (Lipinski definition) is 0. The van der Waals surface area contributed by atoms with Crippen molar-refractivity contribution in [2.24, 2.45) is 5.92 Å². The molecule has 4 heteroatoms. The highest BCUT2D eigenvalue weighted by atomic mass is 15.1. The molecular weight excluding hydrogens is 392 g/mol. The monoisotopic (exact) mass is 434 g/mol. The molecule has 0 N–H and O–H groups in total. The fraction of sp³-hybridized carbons (Fsp3) is 0.643. The van der Waals surface area contributed by atoms with E-state index in [-0.39, 0.29) is 0 Å². The number of pyridine rings is 2. The normalized spacial score (nSPS) is 24.0. The second-order valence-corrected chi connectivity index (χ2v) is 10.9. The zero-order chi connectivity index (χ0) is 23.0. The van der Waals surface area contributed by atoms with Crippen LogP contribution in [0.2, 0.25) is 0 Å². The quantitative estimate of drug-likeness (QED) is 0.567. The van der Waals surface area contributed by atoms with E-state index in [1.54, 1.807) is 0 Å². The molecule has 32 heavy (non-hydrogen) atoms. The summed E-state index contributed by atoms with van der Waals surface area (Å²) in [5, 5.41) is 0. The molecule has 2 aromatic rings. The summed E-state index contributed by atoms with van der Waals surface area (Å²) in [4.78, 5) is 15.2. The Balaban J connectivity index is 1.58. The summed E-state index contributed by atoms with van der Waals surface area (Å²) < 4.78 is 0. The molecule has 0 fully saturated rings. The Kier molecular flexibility index (Phi) is 7.02. The van der Waals surface area contributed by atoms with Gasteiger partial charge in [-0.25, -0.2) is 0 Å². The third kappa shape index (κ3) is 4.63. The van der Waals surface area contributed by atoms with Gasteiger partial charge in [0.1, 0.15) is 0 Å². The van der Waals surface area contributed by atoms with Crippen molar-refractivity contribution in [1.29, 1.82) is 0 Å². The van der Waals surface area contributed by atoms with Crippen LogP contribution in [0.4, 0.5) is 0 Å². The zero-order valence-electron chi connectivity index (χ0n) is 21.2. The first kappa shape index (κ1) is 23.4. The molecule has 2 aromatic heterocycles. The molecular formula is C28H42N4. The molecule has 2 heterocycles. The predicted octanol–water partition coefficient (Wildman–Crippen LogP) is 5.90. The van der Waals surface area contributed by atoms with Crippen molar-refractivity contribution in [3.05, 3.63) is 58.2 Å². The Morgan fingerprint density at radius 3 is 2.12 bits per heavy atom. The molecule has 4 rings (SSSR count). The molecule has 174 valence electrons. The average Bonchev–Trinajstić information content (AvgIpc) is 2.77. The summed E-state index contributed by atoms with van der Waals surface area (Å²) in [6.45, 7) is 6.86. The van der Waals surface area contributed by atoms with Gasteiger partial charge in [0.15, 0.2) is 0 Å². The third-order valence-electron chi connectivity index (χ3n) is 7.75. The van der Waals surface area contributed by atoms with E-state index in [2.05, 4.69) is 83.0 Å². The minimum atomic E-state index is 0.382. The lowest BCUT2D eigenvalue weighted by Crippen LogP contribution is -2.34. The van der Waals surface area contributed by atoms with Gasteiger partial charge in [-0.2, -0.15) is 0 Å². The van der Waals surface area contributed by atoms with Crippen molar-refractivity contribution >= 4 is 0 Å². The lowest BCUT2D eigenvalue weighted by Gasteiger charge is -2.38. The fourth-order valence-electron chi connectivity index (χ4n) is 5.94. The summed E-state index contributed by atoms with van der Waals surface area (Å²) in [6, 6.07) is 10.1. The van der Waals surface area contributed by atoms with Gasteiger partial charge in [-0.15, -0.1) is 0 Å². The van der Waals surface area contributed by atoms with Crippen molar-refractivity contribution in [3.63, 3.8) is 0 Å². The highest BCUT2D eigenvalue weighted by molar-refractivity contribution is 5.31. The third-order valence-corrected chi connectivity index (χ3v) is 7.75. The van der Waals surface area contributed by atoms with Crippen molar-refractivity contribution in [2.45, 2.75) is 83.2 Å². The van der Waals surface area contributed by atoms with Crippen molar-refractivity contribution in [2.75, 3.05) is 28.2 Å². The van der Waals surface area contributed by atoms with Gasteiger partial charge in [0.25, 0.3) is 0 Å². The van der Waals surface area contributed by atoms with Gasteiger partial charge in [0.05, 0.1) is 23.5 Å². The summed E-state index contributed by atoms with van der Waals surface area (Å²) >= 11 is 0. The zero-order valence-corrected chi connectivity index (χ0v) is 21.2. The van der Waals surface area contributed by atoms with Crippen LogP contribution in [0.3, 0.4) is 0 Å². The molecule has 0 amide bonds. The first-order chi connectivity index (χ1) is 15.3. The van der Waals surface area contributed by atoms with E-state index in [1.165, 1.54) is 59.6 Å². The topological polar surface area (TPSA) is 32.3 Å². The highest BCUT2D eigenvalue weighted by Crippen LogP contribution is 2.42. The van der Waals surface area contributed by atoms with E-state index in [0.29, 0.717) is 29.8 Å². The summed E-state index contributed by atoms with van der Waals surface area (Å²) in [5.41, 5.74) is 8.02. The van der Waals surface area contributed by atoms with Crippen LogP contribution in [0.1, 0.15) is 104 Å². The molecule has 3 unspecified atom stereocenters. The van der Waals surface area contributed by atoms with Crippen LogP contribution in [0.15, 0.2) is 24.3 Å². The Hall–Kier alpha value is -1.78. The van der Waals surface area contributed by atoms with E-state index in [1.807, 2.05) is 0 Å².